The van der Waals surface area contributed by atoms with Crippen molar-refractivity contribution in [2.24, 2.45) is 0 Å². The van der Waals surface area contributed by atoms with Gasteiger partial charge in [0.05, 0.1) is 39.7 Å². The van der Waals surface area contributed by atoms with E-state index in [-0.39, 0.29) is 5.56 Å². The van der Waals surface area contributed by atoms with Crippen LogP contribution < -0.4 is 0 Å². The molecule has 0 spiro atoms. The molecule has 1 N–H and O–H groups in total. The molecule has 6 heteroatoms. The highest BCUT2D eigenvalue weighted by atomic mass is 16.4. The van der Waals surface area contributed by atoms with Gasteiger partial charge in [-0.15, -0.1) is 0 Å². The molecule has 246 valence electrons. The summed E-state index contributed by atoms with van der Waals surface area (Å²) in [6, 6.07) is 27.3. The standard InChI is InChI=1S/C42H46N4O2/c1-2-3-4-5-6-7-8-9-10-11-12-16-32-20-22-33(23-21-32)24-25-34-29-40(36-17-13-14-27-43-36)46-41(30-34)38-19-15-18-37(45-38)39-31-35(42(47)48)26-28-44-39/h13-15,17-31H,2-12,16H2,1H3,(H,47,48)/b25-24+. The van der Waals surface area contributed by atoms with Crippen molar-refractivity contribution in [2.75, 3.05) is 0 Å². The van der Waals surface area contributed by atoms with Crippen LogP contribution in [0.5, 0.6) is 0 Å². The molecule has 0 bridgehead atoms. The van der Waals surface area contributed by atoms with Crippen molar-refractivity contribution < 1.29 is 9.90 Å². The molecule has 0 amide bonds. The number of aromatic carboxylic acids is 1. The average molecular weight is 639 g/mol. The molecule has 6 nitrogen and oxygen atoms in total. The number of hydrogen-bond acceptors (Lipinski definition) is 5. The number of nitrogens with zero attached hydrogens (tertiary/aromatic N) is 4. The van der Waals surface area contributed by atoms with Crippen molar-refractivity contribution in [3.8, 4) is 34.2 Å². The first-order chi connectivity index (χ1) is 23.6. The van der Waals surface area contributed by atoms with E-state index in [0.29, 0.717) is 22.8 Å². The van der Waals surface area contributed by atoms with Gasteiger partial charge in [-0.1, -0.05) is 120 Å². The molecule has 0 fully saturated rings. The minimum Gasteiger partial charge on any atom is -0.478 e. The van der Waals surface area contributed by atoms with E-state index in [0.717, 1.165) is 28.9 Å². The smallest absolute Gasteiger partial charge is 0.335 e. The second-order valence-electron chi connectivity index (χ2n) is 12.4. The zero-order chi connectivity index (χ0) is 33.4. The molecular weight excluding hydrogens is 592 g/mol. The molecule has 0 aliphatic carbocycles. The number of carbonyl (C=O) groups is 1. The summed E-state index contributed by atoms with van der Waals surface area (Å²) >= 11 is 0. The molecule has 48 heavy (non-hydrogen) atoms. The fourth-order valence-corrected chi connectivity index (χ4v) is 5.83. The van der Waals surface area contributed by atoms with E-state index in [1.165, 1.54) is 94.5 Å². The van der Waals surface area contributed by atoms with Crippen molar-refractivity contribution in [2.45, 2.75) is 84.0 Å². The predicted molar refractivity (Wildman–Crippen MR) is 196 cm³/mol. The van der Waals surface area contributed by atoms with Crippen molar-refractivity contribution in [1.29, 1.82) is 0 Å². The quantitative estimate of drug-likeness (QED) is 0.0961. The van der Waals surface area contributed by atoms with Gasteiger partial charge in [0, 0.05) is 12.4 Å². The maximum Gasteiger partial charge on any atom is 0.335 e. The molecule has 0 saturated carbocycles. The van der Waals surface area contributed by atoms with Gasteiger partial charge in [-0.3, -0.25) is 9.97 Å². The summed E-state index contributed by atoms with van der Waals surface area (Å²) in [5, 5.41) is 9.43. The van der Waals surface area contributed by atoms with E-state index < -0.39 is 5.97 Å². The van der Waals surface area contributed by atoms with E-state index in [2.05, 4.69) is 53.3 Å². The Bertz CT molecular complexity index is 1770. The van der Waals surface area contributed by atoms with Crippen molar-refractivity contribution in [3.63, 3.8) is 0 Å². The average Bonchev–Trinajstić information content (AvgIpc) is 3.14. The SMILES string of the molecule is CCCCCCCCCCCCCc1ccc(/C=C/c2cc(-c3ccccn3)nc(-c3cccc(-c4cc(C(=O)O)ccn4)n3)c2)cc1. The van der Waals surface area contributed by atoms with E-state index in [1.807, 2.05) is 48.5 Å². The number of aromatic nitrogens is 4. The highest BCUT2D eigenvalue weighted by molar-refractivity contribution is 5.88. The van der Waals surface area contributed by atoms with E-state index >= 15 is 0 Å². The number of carboxylic acid groups (broad SMARTS) is 1. The lowest BCUT2D eigenvalue weighted by molar-refractivity contribution is 0.0696. The number of aryl methyl sites for hydroxylation is 1. The first kappa shape index (κ1) is 34.4. The Kier molecular flexibility index (Phi) is 13.2. The van der Waals surface area contributed by atoms with Crippen LogP contribution in [0.1, 0.15) is 105 Å². The van der Waals surface area contributed by atoms with Crippen LogP contribution in [0.25, 0.3) is 46.3 Å². The molecule has 0 radical (unpaired) electrons. The predicted octanol–water partition coefficient (Wildman–Crippen LogP) is 11.0. The van der Waals surface area contributed by atoms with Crippen LogP contribution >= 0.6 is 0 Å². The second-order valence-corrected chi connectivity index (χ2v) is 12.4. The summed E-state index contributed by atoms with van der Waals surface area (Å²) in [5.41, 5.74) is 7.60. The summed E-state index contributed by atoms with van der Waals surface area (Å²) < 4.78 is 0. The molecule has 5 aromatic rings. The Morgan fingerprint density at radius 1 is 0.562 bits per heavy atom. The molecular formula is C42H46N4O2. The van der Waals surface area contributed by atoms with Crippen LogP contribution in [-0.4, -0.2) is 31.0 Å². The molecule has 1 aromatic carbocycles. The lowest BCUT2D eigenvalue weighted by Crippen LogP contribution is -1.99. The molecule has 0 aliphatic rings. The highest BCUT2D eigenvalue weighted by Crippen LogP contribution is 2.26. The van der Waals surface area contributed by atoms with Gasteiger partial charge in [-0.05, 0) is 78.1 Å². The zero-order valence-electron chi connectivity index (χ0n) is 28.0. The molecule has 4 aromatic heterocycles. The molecule has 5 rings (SSSR count). The van der Waals surface area contributed by atoms with Gasteiger partial charge in [0.15, 0.2) is 0 Å². The normalized spacial score (nSPS) is 11.3. The fourth-order valence-electron chi connectivity index (χ4n) is 5.83. The lowest BCUT2D eigenvalue weighted by atomic mass is 10.0. The summed E-state index contributed by atoms with van der Waals surface area (Å²) in [6.07, 6.45) is 23.6. The third kappa shape index (κ3) is 10.5. The summed E-state index contributed by atoms with van der Waals surface area (Å²) in [6.45, 7) is 2.28. The summed E-state index contributed by atoms with van der Waals surface area (Å²) in [5.74, 6) is -1.00. The zero-order valence-corrected chi connectivity index (χ0v) is 28.0. The molecule has 0 atom stereocenters. The largest absolute Gasteiger partial charge is 0.478 e. The van der Waals surface area contributed by atoms with Gasteiger partial charge in [0.1, 0.15) is 0 Å². The number of rotatable bonds is 18. The van der Waals surface area contributed by atoms with Gasteiger partial charge in [-0.2, -0.15) is 0 Å². The van der Waals surface area contributed by atoms with Crippen molar-refractivity contribution in [1.82, 2.24) is 19.9 Å². The van der Waals surface area contributed by atoms with Crippen LogP contribution in [0.3, 0.4) is 0 Å². The van der Waals surface area contributed by atoms with E-state index in [4.69, 9.17) is 9.97 Å². The number of pyridine rings is 4. The van der Waals surface area contributed by atoms with Crippen molar-refractivity contribution in [3.05, 3.63) is 120 Å². The van der Waals surface area contributed by atoms with Crippen LogP contribution in [0.15, 0.2) is 97.3 Å². The van der Waals surface area contributed by atoms with Gasteiger partial charge in [-0.25, -0.2) is 14.8 Å². The van der Waals surface area contributed by atoms with Gasteiger partial charge < -0.3 is 5.11 Å². The molecule has 0 saturated heterocycles. The fraction of sp³-hybridized carbons (Fsp3) is 0.310. The number of hydrogen-bond donors (Lipinski definition) is 1. The highest BCUT2D eigenvalue weighted by Gasteiger charge is 2.12. The number of carboxylic acids is 1. The maximum absolute atomic E-state index is 11.5. The Morgan fingerprint density at radius 2 is 1.15 bits per heavy atom. The third-order valence-corrected chi connectivity index (χ3v) is 8.57. The van der Waals surface area contributed by atoms with Crippen LogP contribution in [0, 0.1) is 0 Å². The minimum atomic E-state index is -1.00. The number of unbranched alkanes of at least 4 members (excludes halogenated alkanes) is 10. The van der Waals surface area contributed by atoms with Crippen LogP contribution in [0.4, 0.5) is 0 Å². The first-order valence-corrected chi connectivity index (χ1v) is 17.5. The minimum absolute atomic E-state index is 0.164. The molecule has 0 aliphatic heterocycles. The van der Waals surface area contributed by atoms with Gasteiger partial charge in [0.2, 0.25) is 0 Å². The first-order valence-electron chi connectivity index (χ1n) is 17.5. The Hall–Kier alpha value is -4.97. The monoisotopic (exact) mass is 638 g/mol. The van der Waals surface area contributed by atoms with Crippen LogP contribution in [-0.2, 0) is 6.42 Å². The van der Waals surface area contributed by atoms with Gasteiger partial charge in [0.25, 0.3) is 0 Å². The van der Waals surface area contributed by atoms with Crippen LogP contribution in [0.2, 0.25) is 0 Å². The maximum atomic E-state index is 11.5. The molecule has 0 unspecified atom stereocenters. The van der Waals surface area contributed by atoms with Crippen molar-refractivity contribution >= 4 is 18.1 Å². The number of benzene rings is 1. The van der Waals surface area contributed by atoms with Gasteiger partial charge >= 0.3 is 5.97 Å². The Morgan fingerprint density at radius 3 is 1.81 bits per heavy atom. The molecule has 4 heterocycles. The van der Waals surface area contributed by atoms with E-state index in [9.17, 15) is 9.90 Å². The Labute approximate surface area is 285 Å². The second kappa shape index (κ2) is 18.4. The Balaban J connectivity index is 1.23. The third-order valence-electron chi connectivity index (χ3n) is 8.57. The topological polar surface area (TPSA) is 88.9 Å². The summed E-state index contributed by atoms with van der Waals surface area (Å²) in [4.78, 5) is 30.1. The van der Waals surface area contributed by atoms with E-state index in [1.54, 1.807) is 6.20 Å². The summed E-state index contributed by atoms with van der Waals surface area (Å²) in [7, 11) is 0. The lowest BCUT2D eigenvalue weighted by Gasteiger charge is -2.09.